The molecule has 0 aliphatic carbocycles. The molecule has 0 saturated carbocycles. The molecular formula is C22H21FN4OS. The molecular weight excluding hydrogens is 387 g/mol. The van der Waals surface area contributed by atoms with Gasteiger partial charge in [0, 0.05) is 43.7 Å². The fourth-order valence-corrected chi connectivity index (χ4v) is 4.33. The lowest BCUT2D eigenvalue weighted by Crippen LogP contribution is -2.46. The number of halogens is 1. The molecule has 1 aliphatic heterocycles. The highest BCUT2D eigenvalue weighted by atomic mass is 32.1. The van der Waals surface area contributed by atoms with Crippen LogP contribution < -0.4 is 9.64 Å². The number of nitriles is 1. The van der Waals surface area contributed by atoms with E-state index >= 15 is 0 Å². The highest BCUT2D eigenvalue weighted by Gasteiger charge is 2.21. The molecule has 0 spiro atoms. The number of ether oxygens (including phenoxy) is 1. The summed E-state index contributed by atoms with van der Waals surface area (Å²) in [6.07, 6.45) is 0. The predicted molar refractivity (Wildman–Crippen MR) is 113 cm³/mol. The van der Waals surface area contributed by atoms with Gasteiger partial charge in [-0.3, -0.25) is 4.90 Å². The Hall–Kier alpha value is -2.95. The van der Waals surface area contributed by atoms with Crippen molar-refractivity contribution in [3.8, 4) is 22.4 Å². The maximum Gasteiger partial charge on any atom is 0.143 e. The minimum Gasteiger partial charge on any atom is -0.497 e. The van der Waals surface area contributed by atoms with Crippen LogP contribution >= 0.6 is 11.3 Å². The lowest BCUT2D eigenvalue weighted by atomic mass is 10.1. The van der Waals surface area contributed by atoms with Crippen LogP contribution in [0.2, 0.25) is 0 Å². The normalized spacial score (nSPS) is 14.6. The Labute approximate surface area is 173 Å². The second-order valence-electron chi connectivity index (χ2n) is 6.88. The van der Waals surface area contributed by atoms with Crippen molar-refractivity contribution in [2.24, 2.45) is 0 Å². The molecule has 1 aliphatic rings. The van der Waals surface area contributed by atoms with Gasteiger partial charge in [0.2, 0.25) is 0 Å². The number of rotatable bonds is 5. The Bertz CT molecular complexity index is 1020. The SMILES string of the molecule is COc1ccc(-c2nc(CN3CCN(c4cccc(F)c4C#N)CC3)cs2)cc1. The molecule has 2 aromatic carbocycles. The first-order chi connectivity index (χ1) is 14.2. The monoisotopic (exact) mass is 408 g/mol. The van der Waals surface area contributed by atoms with Crippen LogP contribution in [0.5, 0.6) is 5.75 Å². The minimum atomic E-state index is -0.457. The third-order valence-corrected chi connectivity index (χ3v) is 6.03. The van der Waals surface area contributed by atoms with Crippen LogP contribution in [0.4, 0.5) is 10.1 Å². The summed E-state index contributed by atoms with van der Waals surface area (Å²) in [7, 11) is 1.66. The molecule has 0 radical (unpaired) electrons. The molecule has 7 heteroatoms. The Morgan fingerprint density at radius 1 is 1.14 bits per heavy atom. The van der Waals surface area contributed by atoms with E-state index in [1.54, 1.807) is 24.5 Å². The topological polar surface area (TPSA) is 52.4 Å². The zero-order chi connectivity index (χ0) is 20.2. The second-order valence-corrected chi connectivity index (χ2v) is 7.74. The summed E-state index contributed by atoms with van der Waals surface area (Å²) < 4.78 is 19.1. The van der Waals surface area contributed by atoms with Crippen LogP contribution in [-0.4, -0.2) is 43.2 Å². The smallest absolute Gasteiger partial charge is 0.143 e. The molecule has 1 saturated heterocycles. The van der Waals surface area contributed by atoms with Crippen molar-refractivity contribution in [2.45, 2.75) is 6.54 Å². The van der Waals surface area contributed by atoms with Gasteiger partial charge < -0.3 is 9.64 Å². The molecule has 5 nitrogen and oxygen atoms in total. The van der Waals surface area contributed by atoms with E-state index in [2.05, 4.69) is 15.2 Å². The second kappa shape index (κ2) is 8.60. The summed E-state index contributed by atoms with van der Waals surface area (Å²) in [6.45, 7) is 3.99. The number of hydrogen-bond acceptors (Lipinski definition) is 6. The average Bonchev–Trinajstić information content (AvgIpc) is 3.22. The first kappa shape index (κ1) is 19.4. The molecule has 0 unspecified atom stereocenters. The predicted octanol–water partition coefficient (Wildman–Crippen LogP) is 4.15. The highest BCUT2D eigenvalue weighted by Crippen LogP contribution is 2.27. The van der Waals surface area contributed by atoms with Gasteiger partial charge >= 0.3 is 0 Å². The third kappa shape index (κ3) is 4.24. The molecule has 0 bridgehead atoms. The Morgan fingerprint density at radius 3 is 2.59 bits per heavy atom. The largest absolute Gasteiger partial charge is 0.497 e. The first-order valence-corrected chi connectivity index (χ1v) is 10.3. The van der Waals surface area contributed by atoms with Gasteiger partial charge in [-0.25, -0.2) is 9.37 Å². The van der Waals surface area contributed by atoms with E-state index in [-0.39, 0.29) is 5.56 Å². The fourth-order valence-electron chi connectivity index (χ4n) is 3.51. The van der Waals surface area contributed by atoms with Gasteiger partial charge in [0.25, 0.3) is 0 Å². The molecule has 29 heavy (non-hydrogen) atoms. The van der Waals surface area contributed by atoms with Gasteiger partial charge in [0.15, 0.2) is 0 Å². The van der Waals surface area contributed by atoms with Gasteiger partial charge in [0.1, 0.15) is 28.2 Å². The molecule has 3 aromatic rings. The summed E-state index contributed by atoms with van der Waals surface area (Å²) in [6, 6.07) is 14.7. The Morgan fingerprint density at radius 2 is 1.90 bits per heavy atom. The van der Waals surface area contributed by atoms with Gasteiger partial charge in [-0.1, -0.05) is 6.07 Å². The Balaban J connectivity index is 1.37. The van der Waals surface area contributed by atoms with Crippen molar-refractivity contribution >= 4 is 17.0 Å². The lowest BCUT2D eigenvalue weighted by molar-refractivity contribution is 0.247. The van der Waals surface area contributed by atoms with E-state index in [1.807, 2.05) is 36.4 Å². The number of methoxy groups -OCH3 is 1. The summed E-state index contributed by atoms with van der Waals surface area (Å²) in [5.74, 6) is 0.377. The van der Waals surface area contributed by atoms with Crippen LogP contribution in [-0.2, 0) is 6.54 Å². The van der Waals surface area contributed by atoms with Crippen LogP contribution in [0.25, 0.3) is 10.6 Å². The quantitative estimate of drug-likeness (QED) is 0.635. The van der Waals surface area contributed by atoms with E-state index in [9.17, 15) is 9.65 Å². The summed E-state index contributed by atoms with van der Waals surface area (Å²) in [4.78, 5) is 9.20. The van der Waals surface area contributed by atoms with Gasteiger partial charge in [-0.2, -0.15) is 5.26 Å². The molecule has 0 amide bonds. The van der Waals surface area contributed by atoms with E-state index in [0.717, 1.165) is 54.7 Å². The van der Waals surface area contributed by atoms with E-state index in [0.29, 0.717) is 5.69 Å². The van der Waals surface area contributed by atoms with Crippen LogP contribution in [0.3, 0.4) is 0 Å². The number of nitrogens with zero attached hydrogens (tertiary/aromatic N) is 4. The Kier molecular flexibility index (Phi) is 5.74. The van der Waals surface area contributed by atoms with Crippen molar-refractivity contribution in [3.63, 3.8) is 0 Å². The number of piperazine rings is 1. The van der Waals surface area contributed by atoms with E-state index in [4.69, 9.17) is 9.72 Å². The number of thiazole rings is 1. The maximum absolute atomic E-state index is 13.9. The summed E-state index contributed by atoms with van der Waals surface area (Å²) in [5, 5.41) is 12.4. The minimum absolute atomic E-state index is 0.129. The van der Waals surface area contributed by atoms with Crippen molar-refractivity contribution in [3.05, 3.63) is 64.9 Å². The van der Waals surface area contributed by atoms with Gasteiger partial charge in [-0.15, -0.1) is 11.3 Å². The van der Waals surface area contributed by atoms with Crippen LogP contribution in [0.1, 0.15) is 11.3 Å². The number of benzene rings is 2. The first-order valence-electron chi connectivity index (χ1n) is 9.42. The molecule has 4 rings (SSSR count). The van der Waals surface area contributed by atoms with Crippen molar-refractivity contribution in [1.29, 1.82) is 5.26 Å². The van der Waals surface area contributed by atoms with Gasteiger partial charge in [-0.05, 0) is 36.4 Å². The number of aromatic nitrogens is 1. The van der Waals surface area contributed by atoms with Crippen LogP contribution in [0.15, 0.2) is 47.8 Å². The maximum atomic E-state index is 13.9. The van der Waals surface area contributed by atoms with Crippen LogP contribution in [0, 0.1) is 17.1 Å². The van der Waals surface area contributed by atoms with Crippen molar-refractivity contribution < 1.29 is 9.13 Å². The number of anilines is 1. The third-order valence-electron chi connectivity index (χ3n) is 5.09. The molecule has 148 valence electrons. The zero-order valence-electron chi connectivity index (χ0n) is 16.1. The standard InChI is InChI=1S/C22H21FN4OS/c1-28-18-7-5-16(6-8-18)22-25-17(15-29-22)14-26-9-11-27(12-10-26)21-4-2-3-20(23)19(21)13-24/h2-8,15H,9-12,14H2,1H3. The lowest BCUT2D eigenvalue weighted by Gasteiger charge is -2.36. The van der Waals surface area contributed by atoms with E-state index < -0.39 is 5.82 Å². The highest BCUT2D eigenvalue weighted by molar-refractivity contribution is 7.13. The summed E-state index contributed by atoms with van der Waals surface area (Å²) in [5.41, 5.74) is 2.95. The van der Waals surface area contributed by atoms with E-state index in [1.165, 1.54) is 6.07 Å². The number of hydrogen-bond donors (Lipinski definition) is 0. The molecule has 0 atom stereocenters. The average molecular weight is 409 g/mol. The summed E-state index contributed by atoms with van der Waals surface area (Å²) >= 11 is 1.64. The van der Waals surface area contributed by atoms with Crippen molar-refractivity contribution in [1.82, 2.24) is 9.88 Å². The van der Waals surface area contributed by atoms with Crippen molar-refractivity contribution in [2.75, 3.05) is 38.2 Å². The van der Waals surface area contributed by atoms with Gasteiger partial charge in [0.05, 0.1) is 18.5 Å². The molecule has 0 N–H and O–H groups in total. The fraction of sp³-hybridized carbons (Fsp3) is 0.273. The molecule has 1 aromatic heterocycles. The molecule has 2 heterocycles. The molecule has 1 fully saturated rings. The zero-order valence-corrected chi connectivity index (χ0v) is 17.0.